The second-order valence-corrected chi connectivity index (χ2v) is 10.3. The molecule has 0 N–H and O–H groups in total. The lowest BCUT2D eigenvalue weighted by atomic mass is 9.87. The van der Waals surface area contributed by atoms with E-state index in [9.17, 15) is 0 Å². The molecule has 0 bridgehead atoms. The van der Waals surface area contributed by atoms with Gasteiger partial charge in [-0.05, 0) is 68.4 Å². The molecule has 0 atom stereocenters. The van der Waals surface area contributed by atoms with Gasteiger partial charge in [-0.1, -0.05) is 134 Å². The normalized spacial score (nSPS) is 14.7. The molecule has 43 heavy (non-hydrogen) atoms. The first-order valence-corrected chi connectivity index (χ1v) is 14.1. The fourth-order valence-electron chi connectivity index (χ4n) is 6.04. The van der Waals surface area contributed by atoms with Crippen molar-refractivity contribution < 1.29 is 13.7 Å². The van der Waals surface area contributed by atoms with Crippen LogP contribution >= 0.6 is 0 Å². The Morgan fingerprint density at radius 2 is 1.19 bits per heavy atom. The fraction of sp³-hybridized carbons (Fsp3) is 0.0488. The molecule has 0 aliphatic heterocycles. The van der Waals surface area contributed by atoms with Gasteiger partial charge in [0.15, 0.2) is 0 Å². The molecule has 0 radical (unpaired) electrons. The summed E-state index contributed by atoms with van der Waals surface area (Å²) in [6, 6.07) is 24.8. The topological polar surface area (TPSA) is 17.8 Å². The van der Waals surface area contributed by atoms with Crippen molar-refractivity contribution in [3.05, 3.63) is 157 Å². The molecular formula is C41H30N2. The first-order chi connectivity index (χ1) is 25.4. The monoisotopic (exact) mass is 560 g/mol. The molecule has 8 aromatic rings. The zero-order valence-corrected chi connectivity index (χ0v) is 23.3. The van der Waals surface area contributed by atoms with E-state index in [2.05, 4.69) is 11.5 Å². The van der Waals surface area contributed by atoms with Gasteiger partial charge in [0.05, 0.1) is 30.4 Å². The summed E-state index contributed by atoms with van der Waals surface area (Å²) < 4.78 is 86.7. The minimum absolute atomic E-state index is 0.0776. The highest BCUT2D eigenvalue weighted by molar-refractivity contribution is 6.19. The van der Waals surface area contributed by atoms with E-state index in [1.807, 2.05) is 72.8 Å². The van der Waals surface area contributed by atoms with Crippen molar-refractivity contribution in [3.63, 3.8) is 0 Å². The van der Waals surface area contributed by atoms with Crippen molar-refractivity contribution in [2.45, 2.75) is 13.3 Å². The van der Waals surface area contributed by atoms with Crippen molar-refractivity contribution in [1.29, 1.82) is 0 Å². The van der Waals surface area contributed by atoms with Gasteiger partial charge in [0.25, 0.3) is 0 Å². The molecule has 0 aliphatic carbocycles. The Kier molecular flexibility index (Phi) is 4.08. The number of para-hydroxylation sites is 2. The van der Waals surface area contributed by atoms with Crippen LogP contribution in [0.5, 0.6) is 0 Å². The van der Waals surface area contributed by atoms with Crippen LogP contribution in [0.4, 0.5) is 0 Å². The number of aryl methyl sites for hydroxylation is 1. The molecule has 2 nitrogen and oxygen atoms in total. The first-order valence-electron chi connectivity index (χ1n) is 19.1. The molecule has 0 spiro atoms. The third-order valence-electron chi connectivity index (χ3n) is 7.89. The maximum absolute atomic E-state index is 8.78. The summed E-state index contributed by atoms with van der Waals surface area (Å²) in [4.78, 5) is 4.97. The lowest BCUT2D eigenvalue weighted by molar-refractivity contribution is 0.917. The fourth-order valence-corrected chi connectivity index (χ4v) is 6.04. The van der Waals surface area contributed by atoms with Gasteiger partial charge in [0.1, 0.15) is 5.82 Å². The van der Waals surface area contributed by atoms with Crippen LogP contribution in [-0.4, -0.2) is 9.55 Å². The average molecular weight is 561 g/mol. The van der Waals surface area contributed by atoms with Gasteiger partial charge in [-0.3, -0.25) is 4.57 Å². The molecular weight excluding hydrogens is 520 g/mol. The van der Waals surface area contributed by atoms with Crippen LogP contribution in [0.1, 0.15) is 26.5 Å². The summed E-state index contributed by atoms with van der Waals surface area (Å²) in [6.07, 6.45) is 0.646. The second-order valence-electron chi connectivity index (χ2n) is 10.3. The Morgan fingerprint density at radius 1 is 0.558 bits per heavy atom. The number of hydrogen-bond donors (Lipinski definition) is 0. The standard InChI is InChI=1S/C41H30N2/c1-2-39-42-37-22-11-12-23-38(37)43(39)41-34-21-10-9-20-33(34)40(32-19-13-18-30(26-32)28-14-5-3-6-15-28)36-27-31(24-25-35(36)41)29-16-7-4-8-17-29/h3-27H,2H2,1H3/i3D,4D,5D,6D,7D,8D,14D,15D,16D,17D. The zero-order valence-electron chi connectivity index (χ0n) is 33.3. The molecule has 0 fully saturated rings. The Labute approximate surface area is 265 Å². The number of imidazole rings is 1. The molecule has 2 heteroatoms. The quantitative estimate of drug-likeness (QED) is 0.191. The average Bonchev–Trinajstić information content (AvgIpc) is 3.55. The van der Waals surface area contributed by atoms with Gasteiger partial charge in [-0.15, -0.1) is 0 Å². The molecule has 0 unspecified atom stereocenters. The second kappa shape index (κ2) is 10.4. The van der Waals surface area contributed by atoms with E-state index in [4.69, 9.17) is 18.7 Å². The summed E-state index contributed by atoms with van der Waals surface area (Å²) in [5.74, 6) is 0.850. The smallest absolute Gasteiger partial charge is 0.114 e. The molecule has 0 amide bonds. The van der Waals surface area contributed by atoms with Crippen LogP contribution < -0.4 is 0 Å². The number of hydrogen-bond acceptors (Lipinski definition) is 1. The van der Waals surface area contributed by atoms with Crippen LogP contribution in [0.3, 0.4) is 0 Å². The van der Waals surface area contributed by atoms with Crippen molar-refractivity contribution in [3.8, 4) is 39.1 Å². The SMILES string of the molecule is [2H]c1c([2H])c([2H])c(-c2cccc(-c3c4ccccc4c(-n4c(CC)nc5ccccc54)c4ccc(-c5c([2H])c([2H])c([2H])c([2H])c5[2H])cc34)c2)c([2H])c1[2H]. The molecule has 0 aliphatic rings. The maximum atomic E-state index is 8.78. The highest BCUT2D eigenvalue weighted by atomic mass is 15.1. The lowest BCUT2D eigenvalue weighted by Crippen LogP contribution is -2.03. The van der Waals surface area contributed by atoms with Crippen LogP contribution in [0, 0.1) is 0 Å². The number of rotatable bonds is 5. The zero-order chi connectivity index (χ0) is 37.5. The molecule has 7 aromatic carbocycles. The predicted molar refractivity (Wildman–Crippen MR) is 182 cm³/mol. The third kappa shape index (κ3) is 4.23. The molecule has 1 aromatic heterocycles. The summed E-state index contributed by atoms with van der Waals surface area (Å²) in [6.45, 7) is 2.05. The number of nitrogens with zero attached hydrogens (tertiary/aromatic N) is 2. The highest BCUT2D eigenvalue weighted by Crippen LogP contribution is 2.44. The van der Waals surface area contributed by atoms with E-state index in [1.165, 1.54) is 0 Å². The molecule has 0 saturated carbocycles. The van der Waals surface area contributed by atoms with E-state index in [0.29, 0.717) is 23.1 Å². The van der Waals surface area contributed by atoms with Crippen LogP contribution in [0.25, 0.3) is 71.6 Å². The summed E-state index contributed by atoms with van der Waals surface area (Å²) in [7, 11) is 0. The Balaban J connectivity index is 1.53. The Morgan fingerprint density at radius 3 is 1.93 bits per heavy atom. The van der Waals surface area contributed by atoms with Crippen molar-refractivity contribution in [2.24, 2.45) is 0 Å². The van der Waals surface area contributed by atoms with E-state index >= 15 is 0 Å². The summed E-state index contributed by atoms with van der Waals surface area (Å²) in [5.41, 5.74) is 5.14. The minimum atomic E-state index is -0.470. The van der Waals surface area contributed by atoms with Crippen molar-refractivity contribution >= 4 is 32.6 Å². The van der Waals surface area contributed by atoms with Crippen LogP contribution in [0.2, 0.25) is 0 Å². The largest absolute Gasteiger partial charge is 0.295 e. The summed E-state index contributed by atoms with van der Waals surface area (Å²) in [5, 5.41) is 3.31. The van der Waals surface area contributed by atoms with E-state index in [0.717, 1.165) is 49.7 Å². The maximum Gasteiger partial charge on any atom is 0.114 e. The van der Waals surface area contributed by atoms with E-state index in [-0.39, 0.29) is 35.3 Å². The number of benzene rings is 7. The highest BCUT2D eigenvalue weighted by Gasteiger charge is 2.21. The van der Waals surface area contributed by atoms with Gasteiger partial charge < -0.3 is 0 Å². The molecule has 204 valence electrons. The number of fused-ring (bicyclic) bond motifs is 3. The van der Waals surface area contributed by atoms with Gasteiger partial charge in [0.2, 0.25) is 0 Å². The van der Waals surface area contributed by atoms with Crippen molar-refractivity contribution in [1.82, 2.24) is 9.55 Å². The van der Waals surface area contributed by atoms with E-state index in [1.54, 1.807) is 18.2 Å². The minimum Gasteiger partial charge on any atom is -0.295 e. The van der Waals surface area contributed by atoms with Crippen molar-refractivity contribution in [2.75, 3.05) is 0 Å². The molecule has 8 rings (SSSR count). The summed E-state index contributed by atoms with van der Waals surface area (Å²) >= 11 is 0. The van der Waals surface area contributed by atoms with Crippen LogP contribution in [-0.2, 0) is 6.42 Å². The molecule has 0 saturated heterocycles. The van der Waals surface area contributed by atoms with Gasteiger partial charge in [-0.25, -0.2) is 4.98 Å². The molecule has 1 heterocycles. The van der Waals surface area contributed by atoms with Crippen LogP contribution in [0.15, 0.2) is 151 Å². The lowest BCUT2D eigenvalue weighted by Gasteiger charge is -2.21. The van der Waals surface area contributed by atoms with E-state index < -0.39 is 36.3 Å². The first kappa shape index (κ1) is 16.8. The third-order valence-corrected chi connectivity index (χ3v) is 7.89. The van der Waals surface area contributed by atoms with Gasteiger partial charge in [-0.2, -0.15) is 0 Å². The Bertz CT molecular complexity index is 2780. The predicted octanol–water partition coefficient (Wildman–Crippen LogP) is 10.9. The Hall–Kier alpha value is -5.47. The number of aromatic nitrogens is 2. The van der Waals surface area contributed by atoms with Gasteiger partial charge in [0, 0.05) is 17.2 Å². The van der Waals surface area contributed by atoms with Gasteiger partial charge >= 0.3 is 0 Å².